The minimum absolute atomic E-state index is 0.103. The molecule has 11 aromatic rings. The van der Waals surface area contributed by atoms with Crippen LogP contribution in [0, 0.1) is 0 Å². The normalized spacial score (nSPS) is 12.7. The molecule has 0 fully saturated rings. The molecule has 0 unspecified atom stereocenters. The Morgan fingerprint density at radius 2 is 0.810 bits per heavy atom. The second kappa shape index (κ2) is 14.6. The average molecular weight is 805 g/mol. The van der Waals surface area contributed by atoms with Gasteiger partial charge in [0.25, 0.3) is 0 Å². The molecule has 0 saturated carbocycles. The van der Waals surface area contributed by atoms with Crippen molar-refractivity contribution in [2.45, 2.75) is 19.3 Å². The standard InChI is InChI=1S/C61H44N2/c1-61(2)57-23-13-11-21-53(57)54-35-34-48(40-58(54)61)62(46-30-25-42(26-31-46)41-15-5-3-6-16-41)47-32-27-43(28-33-47)49-36-37-50(52-20-10-9-19-51(49)52)44-29-38-60-56(39-44)55-22-12-14-24-59(55)63(60)45-17-7-4-8-18-45/h3-40H,1-2H3. The summed E-state index contributed by atoms with van der Waals surface area (Å²) in [5, 5.41) is 5.00. The van der Waals surface area contributed by atoms with Gasteiger partial charge in [-0.15, -0.1) is 0 Å². The van der Waals surface area contributed by atoms with Crippen LogP contribution >= 0.6 is 0 Å². The number of anilines is 3. The molecule has 12 rings (SSSR count). The first-order valence-electron chi connectivity index (χ1n) is 21.9. The molecule has 0 amide bonds. The fourth-order valence-electron chi connectivity index (χ4n) is 10.3. The summed E-state index contributed by atoms with van der Waals surface area (Å²) in [7, 11) is 0. The SMILES string of the molecule is CC1(C)c2ccccc2-c2ccc(N(c3ccc(-c4ccccc4)cc3)c3ccc(-c4ccc(-c5ccc6c(c5)c5ccccc5n6-c5ccccc5)c5ccccc45)cc3)cc21. The Morgan fingerprint density at radius 1 is 0.317 bits per heavy atom. The summed E-state index contributed by atoms with van der Waals surface area (Å²) in [6.07, 6.45) is 0. The molecule has 63 heavy (non-hydrogen) atoms. The predicted molar refractivity (Wildman–Crippen MR) is 267 cm³/mol. The maximum absolute atomic E-state index is 2.41. The molecule has 1 aromatic heterocycles. The number of rotatable bonds is 7. The van der Waals surface area contributed by atoms with Gasteiger partial charge in [-0.25, -0.2) is 0 Å². The number of hydrogen-bond donors (Lipinski definition) is 0. The fourth-order valence-corrected chi connectivity index (χ4v) is 10.3. The van der Waals surface area contributed by atoms with E-state index in [4.69, 9.17) is 0 Å². The van der Waals surface area contributed by atoms with Crippen LogP contribution < -0.4 is 4.90 Å². The third-order valence-corrected chi connectivity index (χ3v) is 13.4. The topological polar surface area (TPSA) is 8.17 Å². The molecule has 0 aliphatic heterocycles. The van der Waals surface area contributed by atoms with Crippen LogP contribution in [0.5, 0.6) is 0 Å². The predicted octanol–water partition coefficient (Wildman–Crippen LogP) is 16.7. The van der Waals surface area contributed by atoms with E-state index in [0.29, 0.717) is 0 Å². The number of hydrogen-bond acceptors (Lipinski definition) is 1. The van der Waals surface area contributed by atoms with E-state index in [9.17, 15) is 0 Å². The maximum atomic E-state index is 2.41. The van der Waals surface area contributed by atoms with Crippen molar-refractivity contribution in [2.24, 2.45) is 0 Å². The lowest BCUT2D eigenvalue weighted by Gasteiger charge is -2.28. The van der Waals surface area contributed by atoms with Gasteiger partial charge in [-0.2, -0.15) is 0 Å². The average Bonchev–Trinajstić information content (AvgIpc) is 3.80. The quantitative estimate of drug-likeness (QED) is 0.156. The Kier molecular flexibility index (Phi) is 8.55. The largest absolute Gasteiger partial charge is 0.310 e. The van der Waals surface area contributed by atoms with Crippen molar-refractivity contribution < 1.29 is 0 Å². The zero-order chi connectivity index (χ0) is 42.1. The van der Waals surface area contributed by atoms with Crippen molar-refractivity contribution >= 4 is 49.6 Å². The van der Waals surface area contributed by atoms with Crippen LogP contribution in [0.1, 0.15) is 25.0 Å². The summed E-state index contributed by atoms with van der Waals surface area (Å²) < 4.78 is 2.38. The van der Waals surface area contributed by atoms with Gasteiger partial charge in [-0.1, -0.05) is 178 Å². The Balaban J connectivity index is 0.942. The van der Waals surface area contributed by atoms with Crippen LogP contribution in [0.2, 0.25) is 0 Å². The molecule has 1 aliphatic carbocycles. The van der Waals surface area contributed by atoms with Crippen molar-refractivity contribution in [2.75, 3.05) is 4.90 Å². The van der Waals surface area contributed by atoms with E-state index in [1.165, 1.54) is 93.9 Å². The van der Waals surface area contributed by atoms with Gasteiger partial charge in [0.15, 0.2) is 0 Å². The Morgan fingerprint density at radius 3 is 1.52 bits per heavy atom. The van der Waals surface area contributed by atoms with Crippen LogP contribution in [0.25, 0.3) is 82.8 Å². The molecule has 10 aromatic carbocycles. The molecule has 0 N–H and O–H groups in total. The van der Waals surface area contributed by atoms with Gasteiger partial charge in [-0.3, -0.25) is 0 Å². The molecule has 1 heterocycles. The maximum Gasteiger partial charge on any atom is 0.0541 e. The van der Waals surface area contributed by atoms with E-state index >= 15 is 0 Å². The molecule has 0 radical (unpaired) electrons. The first kappa shape index (κ1) is 36.9. The van der Waals surface area contributed by atoms with Gasteiger partial charge >= 0.3 is 0 Å². The molecule has 0 spiro atoms. The highest BCUT2D eigenvalue weighted by atomic mass is 15.1. The second-order valence-electron chi connectivity index (χ2n) is 17.3. The van der Waals surface area contributed by atoms with Crippen molar-refractivity contribution in [1.29, 1.82) is 0 Å². The van der Waals surface area contributed by atoms with Crippen molar-refractivity contribution in [3.63, 3.8) is 0 Å². The molecule has 1 aliphatic rings. The molecule has 2 heteroatoms. The smallest absolute Gasteiger partial charge is 0.0541 e. The number of aromatic nitrogens is 1. The van der Waals surface area contributed by atoms with Crippen molar-refractivity contribution in [3.8, 4) is 50.2 Å². The van der Waals surface area contributed by atoms with Gasteiger partial charge in [0.2, 0.25) is 0 Å². The summed E-state index contributed by atoms with van der Waals surface area (Å²) in [6, 6.07) is 84.5. The number of fused-ring (bicyclic) bond motifs is 7. The van der Waals surface area contributed by atoms with E-state index in [-0.39, 0.29) is 5.41 Å². The van der Waals surface area contributed by atoms with E-state index < -0.39 is 0 Å². The van der Waals surface area contributed by atoms with Crippen LogP contribution in [0.15, 0.2) is 231 Å². The molecule has 0 saturated heterocycles. The summed E-state index contributed by atoms with van der Waals surface area (Å²) in [6.45, 7) is 4.71. The minimum Gasteiger partial charge on any atom is -0.310 e. The van der Waals surface area contributed by atoms with Crippen LogP contribution in [-0.4, -0.2) is 4.57 Å². The number of nitrogens with zero attached hydrogens (tertiary/aromatic N) is 2. The van der Waals surface area contributed by atoms with Gasteiger partial charge in [0, 0.05) is 38.9 Å². The molecular formula is C61H44N2. The molecule has 2 nitrogen and oxygen atoms in total. The zero-order valence-electron chi connectivity index (χ0n) is 35.3. The highest BCUT2D eigenvalue weighted by molar-refractivity contribution is 6.12. The number of para-hydroxylation sites is 2. The lowest BCUT2D eigenvalue weighted by molar-refractivity contribution is 0.660. The Labute approximate surface area is 368 Å². The lowest BCUT2D eigenvalue weighted by atomic mass is 9.82. The summed E-state index contributed by atoms with van der Waals surface area (Å²) in [4.78, 5) is 2.41. The third-order valence-electron chi connectivity index (χ3n) is 13.4. The first-order chi connectivity index (χ1) is 31.0. The Bertz CT molecular complexity index is 3500. The number of benzene rings is 10. The third kappa shape index (κ3) is 6.02. The van der Waals surface area contributed by atoms with Crippen molar-refractivity contribution in [3.05, 3.63) is 242 Å². The fraction of sp³-hybridized carbons (Fsp3) is 0.0492. The van der Waals surface area contributed by atoms with Crippen LogP contribution in [0.4, 0.5) is 17.1 Å². The lowest BCUT2D eigenvalue weighted by Crippen LogP contribution is -2.16. The first-order valence-corrected chi connectivity index (χ1v) is 21.9. The highest BCUT2D eigenvalue weighted by Gasteiger charge is 2.35. The second-order valence-corrected chi connectivity index (χ2v) is 17.3. The summed E-state index contributed by atoms with van der Waals surface area (Å²) in [5.74, 6) is 0. The highest BCUT2D eigenvalue weighted by Crippen LogP contribution is 2.51. The molecular weight excluding hydrogens is 761 g/mol. The monoisotopic (exact) mass is 804 g/mol. The zero-order valence-corrected chi connectivity index (χ0v) is 35.3. The van der Waals surface area contributed by atoms with E-state index in [2.05, 4.69) is 254 Å². The molecule has 0 atom stereocenters. The summed E-state index contributed by atoms with van der Waals surface area (Å²) >= 11 is 0. The minimum atomic E-state index is -0.103. The van der Waals surface area contributed by atoms with E-state index in [0.717, 1.165) is 17.1 Å². The summed E-state index contributed by atoms with van der Waals surface area (Å²) in [5.41, 5.74) is 19.5. The van der Waals surface area contributed by atoms with E-state index in [1.807, 2.05) is 0 Å². The van der Waals surface area contributed by atoms with Gasteiger partial charge in [-0.05, 0) is 133 Å². The Hall–Kier alpha value is -7.94. The molecule has 0 bridgehead atoms. The van der Waals surface area contributed by atoms with E-state index in [1.54, 1.807) is 0 Å². The van der Waals surface area contributed by atoms with Gasteiger partial charge < -0.3 is 9.47 Å². The van der Waals surface area contributed by atoms with Gasteiger partial charge in [0.1, 0.15) is 0 Å². The van der Waals surface area contributed by atoms with Crippen LogP contribution in [0.3, 0.4) is 0 Å². The molecule has 298 valence electrons. The van der Waals surface area contributed by atoms with Gasteiger partial charge in [0.05, 0.1) is 11.0 Å². The van der Waals surface area contributed by atoms with Crippen molar-refractivity contribution in [1.82, 2.24) is 4.57 Å². The van der Waals surface area contributed by atoms with Crippen LogP contribution in [-0.2, 0) is 5.41 Å².